The van der Waals surface area contributed by atoms with E-state index in [4.69, 9.17) is 4.42 Å². The van der Waals surface area contributed by atoms with Crippen LogP contribution in [0.1, 0.15) is 5.69 Å². The molecule has 4 aromatic rings. The first kappa shape index (κ1) is 10.4. The molecule has 0 atom stereocenters. The van der Waals surface area contributed by atoms with Crippen LogP contribution in [-0.2, 0) is 0 Å². The summed E-state index contributed by atoms with van der Waals surface area (Å²) in [4.78, 5) is 0. The molecule has 92 valence electrons. The standard InChI is InChI=1S/C16H11NO2/c1-10-15-12-7-3-5-9-14(12)19-16(15)11-6-2-4-8-13(11)17(10)18/h2-9H,1H3. The predicted octanol–water partition coefficient (Wildman–Crippen LogP) is 3.68. The smallest absolute Gasteiger partial charge is 0.227 e. The van der Waals surface area contributed by atoms with E-state index in [2.05, 4.69) is 0 Å². The lowest BCUT2D eigenvalue weighted by molar-refractivity contribution is -0.582. The number of rotatable bonds is 0. The fraction of sp³-hybridized carbons (Fsp3) is 0.0625. The van der Waals surface area contributed by atoms with Gasteiger partial charge in [0, 0.05) is 18.4 Å². The van der Waals surface area contributed by atoms with Crippen LogP contribution in [0.3, 0.4) is 0 Å². The van der Waals surface area contributed by atoms with E-state index in [-0.39, 0.29) is 0 Å². The average molecular weight is 249 g/mol. The summed E-state index contributed by atoms with van der Waals surface area (Å²) < 4.78 is 6.94. The summed E-state index contributed by atoms with van der Waals surface area (Å²) in [6.45, 7) is 1.84. The minimum atomic E-state index is 0.645. The third-order valence-corrected chi connectivity index (χ3v) is 3.63. The lowest BCUT2D eigenvalue weighted by Gasteiger charge is -2.05. The molecule has 19 heavy (non-hydrogen) atoms. The van der Waals surface area contributed by atoms with Crippen molar-refractivity contribution in [3.63, 3.8) is 0 Å². The van der Waals surface area contributed by atoms with Crippen LogP contribution < -0.4 is 4.73 Å². The highest BCUT2D eigenvalue weighted by atomic mass is 16.5. The summed E-state index contributed by atoms with van der Waals surface area (Å²) in [5, 5.41) is 15.1. The Morgan fingerprint density at radius 1 is 0.947 bits per heavy atom. The zero-order valence-electron chi connectivity index (χ0n) is 10.4. The maximum Gasteiger partial charge on any atom is 0.227 e. The number of hydrogen-bond acceptors (Lipinski definition) is 2. The van der Waals surface area contributed by atoms with Crippen LogP contribution in [-0.4, -0.2) is 0 Å². The molecule has 4 rings (SSSR count). The van der Waals surface area contributed by atoms with Crippen LogP contribution >= 0.6 is 0 Å². The van der Waals surface area contributed by atoms with E-state index >= 15 is 0 Å². The quantitative estimate of drug-likeness (QED) is 0.352. The molecule has 2 aromatic carbocycles. The predicted molar refractivity (Wildman–Crippen MR) is 74.9 cm³/mol. The molecule has 0 aliphatic rings. The van der Waals surface area contributed by atoms with Crippen molar-refractivity contribution in [1.29, 1.82) is 0 Å². The normalized spacial score (nSPS) is 11.6. The highest BCUT2D eigenvalue weighted by molar-refractivity contribution is 6.13. The maximum absolute atomic E-state index is 12.4. The summed E-state index contributed by atoms with van der Waals surface area (Å²) >= 11 is 0. The molecule has 3 heteroatoms. The van der Waals surface area contributed by atoms with E-state index in [1.165, 1.54) is 0 Å². The van der Waals surface area contributed by atoms with Crippen LogP contribution in [0.4, 0.5) is 0 Å². The molecule has 3 nitrogen and oxygen atoms in total. The largest absolute Gasteiger partial charge is 0.618 e. The second-order valence-electron chi connectivity index (χ2n) is 4.70. The first-order valence-electron chi connectivity index (χ1n) is 6.19. The first-order valence-corrected chi connectivity index (χ1v) is 6.19. The Kier molecular flexibility index (Phi) is 1.90. The van der Waals surface area contributed by atoms with Gasteiger partial charge < -0.3 is 9.62 Å². The third kappa shape index (κ3) is 1.24. The minimum absolute atomic E-state index is 0.645. The Bertz CT molecular complexity index is 938. The van der Waals surface area contributed by atoms with Crippen molar-refractivity contribution in [3.05, 3.63) is 59.4 Å². The number of fused-ring (bicyclic) bond motifs is 5. The molecule has 0 spiro atoms. The molecular weight excluding hydrogens is 238 g/mol. The molecule has 0 aliphatic carbocycles. The Labute approximate surface area is 109 Å². The fourth-order valence-corrected chi connectivity index (χ4v) is 2.72. The van der Waals surface area contributed by atoms with Crippen molar-refractivity contribution in [2.75, 3.05) is 0 Å². The molecule has 0 fully saturated rings. The van der Waals surface area contributed by atoms with Gasteiger partial charge in [0.25, 0.3) is 0 Å². The number of aryl methyl sites for hydroxylation is 1. The fourth-order valence-electron chi connectivity index (χ4n) is 2.72. The summed E-state index contributed by atoms with van der Waals surface area (Å²) in [5.41, 5.74) is 2.93. The van der Waals surface area contributed by atoms with Crippen molar-refractivity contribution in [1.82, 2.24) is 0 Å². The van der Waals surface area contributed by atoms with Crippen molar-refractivity contribution >= 4 is 32.8 Å². The molecule has 0 saturated carbocycles. The van der Waals surface area contributed by atoms with Crippen molar-refractivity contribution in [3.8, 4) is 0 Å². The number of nitrogens with zero attached hydrogens (tertiary/aromatic N) is 1. The van der Waals surface area contributed by atoms with Gasteiger partial charge in [-0.2, -0.15) is 4.73 Å². The summed E-state index contributed by atoms with van der Waals surface area (Å²) in [5.74, 6) is 0. The lowest BCUT2D eigenvalue weighted by Crippen LogP contribution is -2.30. The Balaban J connectivity index is 2.41. The Morgan fingerprint density at radius 2 is 1.63 bits per heavy atom. The summed E-state index contributed by atoms with van der Waals surface area (Å²) in [7, 11) is 0. The van der Waals surface area contributed by atoms with Crippen LogP contribution in [0, 0.1) is 12.1 Å². The van der Waals surface area contributed by atoms with Crippen LogP contribution in [0.15, 0.2) is 52.9 Å². The van der Waals surface area contributed by atoms with Crippen LogP contribution in [0.2, 0.25) is 0 Å². The molecule has 2 aromatic heterocycles. The number of pyridine rings is 1. The Hall–Kier alpha value is -2.55. The molecule has 0 N–H and O–H groups in total. The topological polar surface area (TPSA) is 40.1 Å². The number of aromatic nitrogens is 1. The van der Waals surface area contributed by atoms with Gasteiger partial charge in [-0.3, -0.25) is 0 Å². The van der Waals surface area contributed by atoms with Crippen LogP contribution in [0.25, 0.3) is 32.8 Å². The summed E-state index contributed by atoms with van der Waals surface area (Å²) in [6.07, 6.45) is 0. The van der Waals surface area contributed by atoms with Gasteiger partial charge in [-0.25, -0.2) is 0 Å². The van der Waals surface area contributed by atoms with Gasteiger partial charge in [0.05, 0.1) is 10.8 Å². The van der Waals surface area contributed by atoms with E-state index in [9.17, 15) is 5.21 Å². The number of para-hydroxylation sites is 2. The van der Waals surface area contributed by atoms with Gasteiger partial charge in [-0.05, 0) is 12.1 Å². The van der Waals surface area contributed by atoms with Crippen LogP contribution in [0.5, 0.6) is 0 Å². The number of hydrogen-bond donors (Lipinski definition) is 0. The summed E-state index contributed by atoms with van der Waals surface area (Å²) in [6, 6.07) is 15.3. The molecule has 0 radical (unpaired) electrons. The molecule has 0 amide bonds. The molecule has 0 bridgehead atoms. The van der Waals surface area contributed by atoms with Gasteiger partial charge >= 0.3 is 0 Å². The van der Waals surface area contributed by atoms with E-state index in [0.29, 0.717) is 11.2 Å². The highest BCUT2D eigenvalue weighted by Gasteiger charge is 2.20. The molecule has 0 unspecified atom stereocenters. The lowest BCUT2D eigenvalue weighted by atomic mass is 10.1. The number of benzene rings is 2. The second kappa shape index (κ2) is 3.48. The maximum atomic E-state index is 12.4. The zero-order chi connectivity index (χ0) is 13.0. The van der Waals surface area contributed by atoms with E-state index in [1.54, 1.807) is 0 Å². The zero-order valence-corrected chi connectivity index (χ0v) is 10.4. The van der Waals surface area contributed by atoms with E-state index in [1.807, 2.05) is 55.5 Å². The Morgan fingerprint density at radius 3 is 2.47 bits per heavy atom. The van der Waals surface area contributed by atoms with Gasteiger partial charge in [-0.15, -0.1) is 0 Å². The third-order valence-electron chi connectivity index (χ3n) is 3.63. The van der Waals surface area contributed by atoms with Crippen molar-refractivity contribution in [2.24, 2.45) is 0 Å². The average Bonchev–Trinajstić information content (AvgIpc) is 2.84. The van der Waals surface area contributed by atoms with Gasteiger partial charge in [0.15, 0.2) is 5.58 Å². The van der Waals surface area contributed by atoms with Crippen molar-refractivity contribution in [2.45, 2.75) is 6.92 Å². The van der Waals surface area contributed by atoms with Gasteiger partial charge in [-0.1, -0.05) is 30.3 Å². The SMILES string of the molecule is Cc1c2c3ccccc3oc2c2ccccc2[n+]1[O-]. The van der Waals surface area contributed by atoms with E-state index < -0.39 is 0 Å². The highest BCUT2D eigenvalue weighted by Crippen LogP contribution is 2.33. The molecule has 0 aliphatic heterocycles. The molecule has 0 saturated heterocycles. The number of furan rings is 1. The van der Waals surface area contributed by atoms with E-state index in [0.717, 1.165) is 32.1 Å². The van der Waals surface area contributed by atoms with Crippen molar-refractivity contribution < 1.29 is 9.15 Å². The minimum Gasteiger partial charge on any atom is -0.618 e. The van der Waals surface area contributed by atoms with Gasteiger partial charge in [0.1, 0.15) is 5.58 Å². The van der Waals surface area contributed by atoms with Gasteiger partial charge in [0.2, 0.25) is 11.2 Å². The monoisotopic (exact) mass is 249 g/mol. The molecule has 2 heterocycles. The molecular formula is C16H11NO2. The first-order chi connectivity index (χ1) is 9.27. The second-order valence-corrected chi connectivity index (χ2v) is 4.70.